The first-order valence-corrected chi connectivity index (χ1v) is 6.45. The second-order valence-electron chi connectivity index (χ2n) is 3.99. The van der Waals surface area contributed by atoms with Crippen molar-refractivity contribution in [2.75, 3.05) is 0 Å². The van der Waals surface area contributed by atoms with Gasteiger partial charge in [0.05, 0.1) is 10.8 Å². The number of benzene rings is 1. The molecule has 0 atom stereocenters. The molecule has 8 heteroatoms. The Morgan fingerprint density at radius 3 is 2.70 bits per heavy atom. The SMILES string of the molecule is FC(F)(F)Oc1ccc(CNCc2cnc[nH]2)cc1Br. The van der Waals surface area contributed by atoms with Gasteiger partial charge in [-0.1, -0.05) is 6.07 Å². The van der Waals surface area contributed by atoms with Crippen molar-refractivity contribution in [3.63, 3.8) is 0 Å². The van der Waals surface area contributed by atoms with Crippen molar-refractivity contribution in [3.05, 3.63) is 46.5 Å². The van der Waals surface area contributed by atoms with Crippen LogP contribution in [0.15, 0.2) is 35.2 Å². The molecule has 0 aliphatic heterocycles. The van der Waals surface area contributed by atoms with Crippen LogP contribution in [0.5, 0.6) is 5.75 Å². The summed E-state index contributed by atoms with van der Waals surface area (Å²) in [6.45, 7) is 1.11. The normalized spacial score (nSPS) is 11.6. The maximum Gasteiger partial charge on any atom is 0.573 e. The summed E-state index contributed by atoms with van der Waals surface area (Å²) in [5.74, 6) is -0.255. The molecule has 0 saturated carbocycles. The Labute approximate surface area is 121 Å². The molecule has 20 heavy (non-hydrogen) atoms. The molecule has 2 N–H and O–H groups in total. The van der Waals surface area contributed by atoms with Gasteiger partial charge in [-0.15, -0.1) is 13.2 Å². The fourth-order valence-corrected chi connectivity index (χ4v) is 2.09. The van der Waals surface area contributed by atoms with Gasteiger partial charge in [0.1, 0.15) is 5.75 Å². The Bertz CT molecular complexity index is 558. The molecule has 0 bridgehead atoms. The minimum Gasteiger partial charge on any atom is -0.405 e. The van der Waals surface area contributed by atoms with E-state index in [1.54, 1.807) is 24.7 Å². The molecule has 2 rings (SSSR count). The van der Waals surface area contributed by atoms with Crippen LogP contribution in [0, 0.1) is 0 Å². The molecule has 0 spiro atoms. The summed E-state index contributed by atoms with van der Waals surface area (Å²) in [5, 5.41) is 3.14. The molecule has 0 radical (unpaired) electrons. The number of nitrogens with zero attached hydrogens (tertiary/aromatic N) is 1. The molecule has 0 aliphatic rings. The highest BCUT2D eigenvalue weighted by Gasteiger charge is 2.31. The molecule has 0 fully saturated rings. The van der Waals surface area contributed by atoms with Crippen LogP contribution in [-0.2, 0) is 13.1 Å². The highest BCUT2D eigenvalue weighted by molar-refractivity contribution is 9.10. The van der Waals surface area contributed by atoms with Gasteiger partial charge < -0.3 is 15.0 Å². The first-order chi connectivity index (χ1) is 9.44. The third kappa shape index (κ3) is 4.53. The summed E-state index contributed by atoms with van der Waals surface area (Å²) in [6.07, 6.45) is -1.41. The molecule has 1 heterocycles. The van der Waals surface area contributed by atoms with Crippen LogP contribution in [0.25, 0.3) is 0 Å². The largest absolute Gasteiger partial charge is 0.573 e. The topological polar surface area (TPSA) is 49.9 Å². The molecular weight excluding hydrogens is 339 g/mol. The Kier molecular flexibility index (Phi) is 4.66. The van der Waals surface area contributed by atoms with E-state index in [9.17, 15) is 13.2 Å². The van der Waals surface area contributed by atoms with E-state index in [1.165, 1.54) is 6.07 Å². The number of halogens is 4. The van der Waals surface area contributed by atoms with E-state index in [-0.39, 0.29) is 10.2 Å². The van der Waals surface area contributed by atoms with Gasteiger partial charge in [-0.25, -0.2) is 4.98 Å². The molecule has 1 aromatic carbocycles. The fraction of sp³-hybridized carbons (Fsp3) is 0.250. The quantitative estimate of drug-likeness (QED) is 0.870. The fourth-order valence-electron chi connectivity index (χ4n) is 1.58. The van der Waals surface area contributed by atoms with Gasteiger partial charge in [0.2, 0.25) is 0 Å². The summed E-state index contributed by atoms with van der Waals surface area (Å²) in [6, 6.07) is 4.44. The van der Waals surface area contributed by atoms with Gasteiger partial charge in [0.15, 0.2) is 0 Å². The lowest BCUT2D eigenvalue weighted by molar-refractivity contribution is -0.274. The van der Waals surface area contributed by atoms with Gasteiger partial charge in [0, 0.05) is 25.0 Å². The molecule has 108 valence electrons. The monoisotopic (exact) mass is 349 g/mol. The maximum absolute atomic E-state index is 12.1. The zero-order chi connectivity index (χ0) is 14.6. The Morgan fingerprint density at radius 2 is 2.10 bits per heavy atom. The minimum atomic E-state index is -4.69. The lowest BCUT2D eigenvalue weighted by Crippen LogP contribution is -2.17. The van der Waals surface area contributed by atoms with Crippen molar-refractivity contribution < 1.29 is 17.9 Å². The van der Waals surface area contributed by atoms with Crippen LogP contribution >= 0.6 is 15.9 Å². The molecular formula is C12H11BrF3N3O. The molecule has 0 unspecified atom stereocenters. The number of alkyl halides is 3. The molecule has 2 aromatic rings. The van der Waals surface area contributed by atoms with Gasteiger partial charge in [0.25, 0.3) is 0 Å². The number of ether oxygens (including phenoxy) is 1. The average molecular weight is 350 g/mol. The van der Waals surface area contributed by atoms with Gasteiger partial charge in [-0.05, 0) is 33.6 Å². The standard InChI is InChI=1S/C12H11BrF3N3O/c13-10-3-8(1-2-11(10)20-12(14,15)16)4-17-5-9-6-18-7-19-9/h1-3,6-7,17H,4-5H2,(H,18,19). The predicted molar refractivity (Wildman–Crippen MR) is 70.0 cm³/mol. The summed E-state index contributed by atoms with van der Waals surface area (Å²) in [5.41, 5.74) is 1.77. The molecule has 4 nitrogen and oxygen atoms in total. The zero-order valence-corrected chi connectivity index (χ0v) is 11.8. The summed E-state index contributed by atoms with van der Waals surface area (Å²) < 4.78 is 40.5. The average Bonchev–Trinajstić information content (AvgIpc) is 2.84. The van der Waals surface area contributed by atoms with Crippen molar-refractivity contribution in [2.45, 2.75) is 19.5 Å². The molecule has 0 saturated heterocycles. The smallest absolute Gasteiger partial charge is 0.405 e. The van der Waals surface area contributed by atoms with Crippen LogP contribution in [0.4, 0.5) is 13.2 Å². The Morgan fingerprint density at radius 1 is 1.30 bits per heavy atom. The van der Waals surface area contributed by atoms with E-state index >= 15 is 0 Å². The summed E-state index contributed by atoms with van der Waals surface area (Å²) in [7, 11) is 0. The first-order valence-electron chi connectivity index (χ1n) is 5.66. The van der Waals surface area contributed by atoms with E-state index in [4.69, 9.17) is 0 Å². The number of imidazole rings is 1. The van der Waals surface area contributed by atoms with E-state index in [0.29, 0.717) is 13.1 Å². The highest BCUT2D eigenvalue weighted by Crippen LogP contribution is 2.30. The zero-order valence-electron chi connectivity index (χ0n) is 10.2. The number of hydrogen-bond donors (Lipinski definition) is 2. The molecule has 0 aliphatic carbocycles. The van der Waals surface area contributed by atoms with E-state index in [2.05, 4.69) is 36.0 Å². The van der Waals surface area contributed by atoms with Gasteiger partial charge in [-0.3, -0.25) is 0 Å². The summed E-state index contributed by atoms with van der Waals surface area (Å²) in [4.78, 5) is 6.82. The van der Waals surface area contributed by atoms with Crippen molar-refractivity contribution in [2.24, 2.45) is 0 Å². The van der Waals surface area contributed by atoms with Crippen molar-refractivity contribution in [1.29, 1.82) is 0 Å². The predicted octanol–water partition coefficient (Wildman–Crippen LogP) is 3.36. The Hall–Kier alpha value is -1.54. The number of nitrogens with one attached hydrogen (secondary N) is 2. The summed E-state index contributed by atoms with van der Waals surface area (Å²) >= 11 is 3.06. The van der Waals surface area contributed by atoms with Crippen LogP contribution in [-0.4, -0.2) is 16.3 Å². The third-order valence-corrected chi connectivity index (χ3v) is 3.04. The molecule has 0 amide bonds. The number of hydrogen-bond acceptors (Lipinski definition) is 3. The van der Waals surface area contributed by atoms with Crippen molar-refractivity contribution >= 4 is 15.9 Å². The lowest BCUT2D eigenvalue weighted by Gasteiger charge is -2.11. The minimum absolute atomic E-state index is 0.255. The number of aromatic nitrogens is 2. The third-order valence-electron chi connectivity index (χ3n) is 2.42. The van der Waals surface area contributed by atoms with Crippen molar-refractivity contribution in [3.8, 4) is 5.75 Å². The van der Waals surface area contributed by atoms with Gasteiger partial charge in [-0.2, -0.15) is 0 Å². The van der Waals surface area contributed by atoms with E-state index in [0.717, 1.165) is 11.3 Å². The number of H-pyrrole nitrogens is 1. The van der Waals surface area contributed by atoms with Crippen LogP contribution in [0.1, 0.15) is 11.3 Å². The Balaban J connectivity index is 1.91. The second-order valence-corrected chi connectivity index (χ2v) is 4.85. The second kappa shape index (κ2) is 6.27. The van der Waals surface area contributed by atoms with Gasteiger partial charge >= 0.3 is 6.36 Å². The lowest BCUT2D eigenvalue weighted by atomic mass is 10.2. The number of rotatable bonds is 5. The van der Waals surface area contributed by atoms with Crippen LogP contribution < -0.4 is 10.1 Å². The van der Waals surface area contributed by atoms with E-state index < -0.39 is 6.36 Å². The van der Waals surface area contributed by atoms with Crippen LogP contribution in [0.2, 0.25) is 0 Å². The highest BCUT2D eigenvalue weighted by atomic mass is 79.9. The molecule has 1 aromatic heterocycles. The number of aromatic amines is 1. The van der Waals surface area contributed by atoms with E-state index in [1.807, 2.05) is 0 Å². The van der Waals surface area contributed by atoms with Crippen LogP contribution in [0.3, 0.4) is 0 Å². The maximum atomic E-state index is 12.1. The van der Waals surface area contributed by atoms with Crippen molar-refractivity contribution in [1.82, 2.24) is 15.3 Å². The first kappa shape index (κ1) is 14.9.